The van der Waals surface area contributed by atoms with Crippen LogP contribution in [0.25, 0.3) is 0 Å². The van der Waals surface area contributed by atoms with Crippen molar-refractivity contribution in [2.45, 2.75) is 6.10 Å². The molecule has 0 bridgehead atoms. The molecule has 0 aromatic heterocycles. The second-order valence-electron chi connectivity index (χ2n) is 3.16. The van der Waals surface area contributed by atoms with Crippen LogP contribution in [0.15, 0.2) is 18.2 Å². The summed E-state index contributed by atoms with van der Waals surface area (Å²) in [4.78, 5) is 10.3. The molecule has 2 rings (SSSR count). The van der Waals surface area contributed by atoms with Crippen LogP contribution in [0, 0.1) is 5.82 Å². The van der Waals surface area contributed by atoms with Crippen LogP contribution in [-0.2, 0) is 9.53 Å². The zero-order valence-electron chi connectivity index (χ0n) is 7.90. The third-order valence-electron chi connectivity index (χ3n) is 2.07. The van der Waals surface area contributed by atoms with Crippen LogP contribution in [0.3, 0.4) is 0 Å². The minimum absolute atomic E-state index is 0.0675. The molecule has 0 atom stereocenters. The Balaban J connectivity index is 2.20. The summed E-state index contributed by atoms with van der Waals surface area (Å²) < 4.78 is 23.6. The van der Waals surface area contributed by atoms with Gasteiger partial charge in [-0.3, -0.25) is 4.79 Å². The topological polar surface area (TPSA) is 47.6 Å². The average molecular weight is 211 g/mol. The smallest absolute Gasteiger partial charge is 0.211 e. The fourth-order valence-electron chi connectivity index (χ4n) is 1.25. The van der Waals surface area contributed by atoms with Crippen molar-refractivity contribution in [2.75, 3.05) is 18.5 Å². The van der Waals surface area contributed by atoms with Crippen LogP contribution >= 0.6 is 0 Å². The van der Waals surface area contributed by atoms with E-state index in [9.17, 15) is 9.18 Å². The lowest BCUT2D eigenvalue weighted by Gasteiger charge is -2.27. The number of hydrogen-bond donors (Lipinski definition) is 1. The van der Waals surface area contributed by atoms with Crippen LogP contribution in [0.4, 0.5) is 10.1 Å². The van der Waals surface area contributed by atoms with Gasteiger partial charge in [-0.2, -0.15) is 0 Å². The number of rotatable bonds is 4. The Morgan fingerprint density at radius 2 is 2.33 bits per heavy atom. The van der Waals surface area contributed by atoms with E-state index in [1.54, 1.807) is 6.07 Å². The second kappa shape index (κ2) is 4.27. The van der Waals surface area contributed by atoms with Gasteiger partial charge in [-0.1, -0.05) is 6.07 Å². The summed E-state index contributed by atoms with van der Waals surface area (Å²) in [6.07, 6.45) is 0.355. The summed E-state index contributed by atoms with van der Waals surface area (Å²) in [5.41, 5.74) is 0.330. The van der Waals surface area contributed by atoms with E-state index in [0.29, 0.717) is 25.3 Å². The van der Waals surface area contributed by atoms with Crippen molar-refractivity contribution >= 4 is 12.1 Å². The molecule has 1 amide bonds. The normalized spacial score (nSPS) is 15.5. The molecule has 0 saturated carbocycles. The highest BCUT2D eigenvalue weighted by Crippen LogP contribution is 2.29. The highest BCUT2D eigenvalue weighted by Gasteiger charge is 2.23. The molecule has 15 heavy (non-hydrogen) atoms. The predicted octanol–water partition coefficient (Wildman–Crippen LogP) is 1.17. The quantitative estimate of drug-likeness (QED) is 0.760. The minimum atomic E-state index is -0.492. The van der Waals surface area contributed by atoms with Gasteiger partial charge < -0.3 is 14.8 Å². The largest absolute Gasteiger partial charge is 0.480 e. The maximum absolute atomic E-state index is 13.4. The number of para-hydroxylation sites is 1. The number of halogens is 1. The minimum Gasteiger partial charge on any atom is -0.480 e. The molecule has 1 saturated heterocycles. The van der Waals surface area contributed by atoms with Gasteiger partial charge in [0.15, 0.2) is 11.6 Å². The summed E-state index contributed by atoms with van der Waals surface area (Å²) in [7, 11) is 0. The van der Waals surface area contributed by atoms with Crippen LogP contribution in [0.5, 0.6) is 5.75 Å². The monoisotopic (exact) mass is 211 g/mol. The SMILES string of the molecule is O=CNc1cccc(F)c1OC1COC1. The Kier molecular flexibility index (Phi) is 2.82. The first-order valence-electron chi connectivity index (χ1n) is 4.54. The Hall–Kier alpha value is -1.62. The van der Waals surface area contributed by atoms with Crippen molar-refractivity contribution in [1.82, 2.24) is 0 Å². The van der Waals surface area contributed by atoms with Crippen molar-refractivity contribution < 1.29 is 18.7 Å². The van der Waals surface area contributed by atoms with E-state index in [4.69, 9.17) is 9.47 Å². The molecular formula is C10H10FNO3. The van der Waals surface area contributed by atoms with Crippen LogP contribution in [0.2, 0.25) is 0 Å². The lowest BCUT2D eigenvalue weighted by molar-refractivity contribution is -0.105. The fourth-order valence-corrected chi connectivity index (χ4v) is 1.25. The average Bonchev–Trinajstić information content (AvgIpc) is 2.15. The maximum Gasteiger partial charge on any atom is 0.211 e. The molecule has 0 radical (unpaired) electrons. The van der Waals surface area contributed by atoms with Gasteiger partial charge in [-0.15, -0.1) is 0 Å². The molecule has 80 valence electrons. The van der Waals surface area contributed by atoms with Gasteiger partial charge in [0.05, 0.1) is 18.9 Å². The van der Waals surface area contributed by atoms with Crippen LogP contribution in [0.1, 0.15) is 0 Å². The van der Waals surface area contributed by atoms with Gasteiger partial charge in [0.1, 0.15) is 6.10 Å². The molecule has 1 aromatic carbocycles. The van der Waals surface area contributed by atoms with E-state index in [0.717, 1.165) is 0 Å². The van der Waals surface area contributed by atoms with Gasteiger partial charge in [0.25, 0.3) is 0 Å². The molecule has 1 aromatic rings. The van der Waals surface area contributed by atoms with Crippen LogP contribution < -0.4 is 10.1 Å². The third kappa shape index (κ3) is 2.07. The van der Waals surface area contributed by atoms with E-state index in [-0.39, 0.29) is 11.9 Å². The van der Waals surface area contributed by atoms with Gasteiger partial charge in [0, 0.05) is 0 Å². The van der Waals surface area contributed by atoms with E-state index < -0.39 is 5.82 Å². The van der Waals surface area contributed by atoms with Gasteiger partial charge in [-0.25, -0.2) is 4.39 Å². The molecule has 5 heteroatoms. The lowest BCUT2D eigenvalue weighted by Crippen LogP contribution is -2.38. The summed E-state index contributed by atoms with van der Waals surface area (Å²) in [5.74, 6) is -0.424. The zero-order valence-corrected chi connectivity index (χ0v) is 7.90. The highest BCUT2D eigenvalue weighted by atomic mass is 19.1. The molecule has 1 N–H and O–H groups in total. The number of amides is 1. The lowest BCUT2D eigenvalue weighted by atomic mass is 10.2. The van der Waals surface area contributed by atoms with Gasteiger partial charge in [0.2, 0.25) is 6.41 Å². The Bertz CT molecular complexity index is 366. The molecule has 0 unspecified atom stereocenters. The van der Waals surface area contributed by atoms with E-state index in [1.807, 2.05) is 0 Å². The first-order valence-corrected chi connectivity index (χ1v) is 4.54. The Morgan fingerprint density at radius 3 is 2.93 bits per heavy atom. The van der Waals surface area contributed by atoms with Crippen molar-refractivity contribution in [1.29, 1.82) is 0 Å². The van der Waals surface area contributed by atoms with Gasteiger partial charge in [-0.05, 0) is 12.1 Å². The third-order valence-corrected chi connectivity index (χ3v) is 2.07. The molecule has 1 aliphatic heterocycles. The Morgan fingerprint density at radius 1 is 1.53 bits per heavy atom. The highest BCUT2D eigenvalue weighted by molar-refractivity contribution is 5.75. The number of ether oxygens (including phenoxy) is 2. The predicted molar refractivity (Wildman–Crippen MR) is 51.3 cm³/mol. The zero-order chi connectivity index (χ0) is 10.7. The number of hydrogen-bond acceptors (Lipinski definition) is 3. The molecule has 1 aliphatic rings. The summed E-state index contributed by atoms with van der Waals surface area (Å²) >= 11 is 0. The van der Waals surface area contributed by atoms with E-state index in [1.165, 1.54) is 12.1 Å². The van der Waals surface area contributed by atoms with E-state index >= 15 is 0 Å². The van der Waals surface area contributed by atoms with Crippen molar-refractivity contribution in [3.8, 4) is 5.75 Å². The first kappa shape index (κ1) is 9.92. The fraction of sp³-hybridized carbons (Fsp3) is 0.300. The second-order valence-corrected chi connectivity index (χ2v) is 3.16. The number of carbonyl (C=O) groups is 1. The Labute approximate surface area is 86.0 Å². The van der Waals surface area contributed by atoms with Crippen molar-refractivity contribution in [2.24, 2.45) is 0 Å². The van der Waals surface area contributed by atoms with Gasteiger partial charge >= 0.3 is 0 Å². The number of nitrogens with one attached hydrogen (secondary N) is 1. The maximum atomic E-state index is 13.4. The number of benzene rings is 1. The molecule has 1 fully saturated rings. The summed E-state index contributed by atoms with van der Waals surface area (Å²) in [5, 5.41) is 2.38. The molecular weight excluding hydrogens is 201 g/mol. The van der Waals surface area contributed by atoms with Crippen molar-refractivity contribution in [3.05, 3.63) is 24.0 Å². The molecule has 0 aliphatic carbocycles. The number of anilines is 1. The first-order chi connectivity index (χ1) is 7.31. The molecule has 4 nitrogen and oxygen atoms in total. The number of carbonyl (C=O) groups excluding carboxylic acids is 1. The standard InChI is InChI=1S/C10H10FNO3/c11-8-2-1-3-9(12-6-13)10(8)15-7-4-14-5-7/h1-3,6-7H,4-5H2,(H,12,13). The van der Waals surface area contributed by atoms with Crippen LogP contribution in [-0.4, -0.2) is 25.7 Å². The van der Waals surface area contributed by atoms with E-state index in [2.05, 4.69) is 5.32 Å². The summed E-state index contributed by atoms with van der Waals surface area (Å²) in [6, 6.07) is 4.36. The van der Waals surface area contributed by atoms with Crippen molar-refractivity contribution in [3.63, 3.8) is 0 Å². The molecule has 1 heterocycles. The summed E-state index contributed by atoms with van der Waals surface area (Å²) in [6.45, 7) is 0.906. The molecule has 0 spiro atoms.